The number of amides is 1. The molecule has 1 aromatic carbocycles. The van der Waals surface area contributed by atoms with Crippen molar-refractivity contribution in [1.29, 1.82) is 0 Å². The van der Waals surface area contributed by atoms with Crippen LogP contribution in [0.5, 0.6) is 0 Å². The molecule has 1 fully saturated rings. The van der Waals surface area contributed by atoms with Crippen LogP contribution in [0.4, 0.5) is 5.69 Å². The van der Waals surface area contributed by atoms with Gasteiger partial charge in [0.1, 0.15) is 0 Å². The number of anilines is 1. The Balaban J connectivity index is 1.56. The van der Waals surface area contributed by atoms with Crippen LogP contribution in [0.15, 0.2) is 30.3 Å². The number of hydrogen-bond donors (Lipinski definition) is 1. The standard InChI is InChI=1S/C22H38N4O/c1-4-5-13-24(3)19-20(2)23-22(27)12-9-14-25-15-17-26(18-16-25)21-10-7-6-8-11-21/h6-8,10-11,20H,4-5,9,12-19H2,1-3H3,(H,23,27)/t20-/m1/s1. The van der Waals surface area contributed by atoms with Crippen molar-refractivity contribution >= 4 is 11.6 Å². The van der Waals surface area contributed by atoms with E-state index in [1.165, 1.54) is 18.5 Å². The third-order valence-corrected chi connectivity index (χ3v) is 5.26. The molecule has 2 rings (SSSR count). The molecule has 1 N–H and O–H groups in total. The highest BCUT2D eigenvalue weighted by Gasteiger charge is 2.17. The van der Waals surface area contributed by atoms with Gasteiger partial charge in [0, 0.05) is 50.9 Å². The molecule has 0 radical (unpaired) electrons. The third kappa shape index (κ3) is 8.31. The van der Waals surface area contributed by atoms with Crippen molar-refractivity contribution < 1.29 is 4.79 Å². The Morgan fingerprint density at radius 3 is 2.52 bits per heavy atom. The summed E-state index contributed by atoms with van der Waals surface area (Å²) in [6, 6.07) is 10.8. The van der Waals surface area contributed by atoms with Gasteiger partial charge in [-0.2, -0.15) is 0 Å². The number of rotatable bonds is 11. The maximum absolute atomic E-state index is 12.2. The maximum Gasteiger partial charge on any atom is 0.220 e. The summed E-state index contributed by atoms with van der Waals surface area (Å²) in [5.41, 5.74) is 1.31. The van der Waals surface area contributed by atoms with E-state index in [-0.39, 0.29) is 11.9 Å². The van der Waals surface area contributed by atoms with Crippen LogP contribution >= 0.6 is 0 Å². The van der Waals surface area contributed by atoms with Crippen molar-refractivity contribution in [2.24, 2.45) is 0 Å². The Morgan fingerprint density at radius 2 is 1.85 bits per heavy atom. The molecule has 0 saturated carbocycles. The van der Waals surface area contributed by atoms with E-state index in [0.717, 1.165) is 52.2 Å². The zero-order chi connectivity index (χ0) is 19.5. The van der Waals surface area contributed by atoms with Crippen LogP contribution in [0.1, 0.15) is 39.5 Å². The van der Waals surface area contributed by atoms with Crippen molar-refractivity contribution in [2.45, 2.75) is 45.6 Å². The third-order valence-electron chi connectivity index (χ3n) is 5.26. The number of benzene rings is 1. The van der Waals surface area contributed by atoms with E-state index in [4.69, 9.17) is 0 Å². The fourth-order valence-electron chi connectivity index (χ4n) is 3.71. The van der Waals surface area contributed by atoms with Crippen molar-refractivity contribution in [2.75, 3.05) is 57.8 Å². The number of carbonyl (C=O) groups is 1. The van der Waals surface area contributed by atoms with E-state index in [2.05, 4.69) is 71.2 Å². The molecule has 5 nitrogen and oxygen atoms in total. The van der Waals surface area contributed by atoms with Gasteiger partial charge in [-0.3, -0.25) is 9.69 Å². The highest BCUT2D eigenvalue weighted by Crippen LogP contribution is 2.15. The van der Waals surface area contributed by atoms with Crippen LogP contribution in [0.25, 0.3) is 0 Å². The quantitative estimate of drug-likeness (QED) is 0.646. The van der Waals surface area contributed by atoms with Crippen molar-refractivity contribution in [3.8, 4) is 0 Å². The Bertz CT molecular complexity index is 528. The first-order chi connectivity index (χ1) is 13.1. The lowest BCUT2D eigenvalue weighted by atomic mass is 10.2. The van der Waals surface area contributed by atoms with Gasteiger partial charge in [-0.05, 0) is 52.0 Å². The Hall–Kier alpha value is -1.59. The predicted octanol–water partition coefficient (Wildman–Crippen LogP) is 2.83. The summed E-state index contributed by atoms with van der Waals surface area (Å²) in [5.74, 6) is 0.189. The van der Waals surface area contributed by atoms with Gasteiger partial charge in [-0.1, -0.05) is 31.5 Å². The van der Waals surface area contributed by atoms with Gasteiger partial charge in [0.05, 0.1) is 0 Å². The number of para-hydroxylation sites is 1. The second-order valence-electron chi connectivity index (χ2n) is 7.85. The molecule has 0 aromatic heterocycles. The summed E-state index contributed by atoms with van der Waals surface area (Å²) in [5, 5.41) is 3.15. The highest BCUT2D eigenvalue weighted by molar-refractivity contribution is 5.76. The van der Waals surface area contributed by atoms with Crippen molar-refractivity contribution in [3.63, 3.8) is 0 Å². The largest absolute Gasteiger partial charge is 0.369 e. The van der Waals surface area contributed by atoms with Gasteiger partial charge in [-0.15, -0.1) is 0 Å². The molecule has 1 aliphatic heterocycles. The number of nitrogens with zero attached hydrogens (tertiary/aromatic N) is 3. The highest BCUT2D eigenvalue weighted by atomic mass is 16.1. The van der Waals surface area contributed by atoms with E-state index < -0.39 is 0 Å². The van der Waals surface area contributed by atoms with Crippen LogP contribution in [0.3, 0.4) is 0 Å². The smallest absolute Gasteiger partial charge is 0.220 e. The molecule has 152 valence electrons. The number of unbranched alkanes of at least 4 members (excludes halogenated alkanes) is 1. The molecule has 0 aliphatic carbocycles. The van der Waals surface area contributed by atoms with E-state index in [0.29, 0.717) is 6.42 Å². The predicted molar refractivity (Wildman–Crippen MR) is 114 cm³/mol. The summed E-state index contributed by atoms with van der Waals surface area (Å²) in [7, 11) is 2.13. The minimum Gasteiger partial charge on any atom is -0.369 e. The van der Waals surface area contributed by atoms with E-state index in [1.54, 1.807) is 0 Å². The van der Waals surface area contributed by atoms with Crippen LogP contribution in [-0.2, 0) is 4.79 Å². The van der Waals surface area contributed by atoms with Crippen LogP contribution in [0.2, 0.25) is 0 Å². The van der Waals surface area contributed by atoms with Gasteiger partial charge < -0.3 is 15.1 Å². The second-order valence-corrected chi connectivity index (χ2v) is 7.85. The topological polar surface area (TPSA) is 38.8 Å². The Labute approximate surface area is 165 Å². The van der Waals surface area contributed by atoms with E-state index in [9.17, 15) is 4.79 Å². The Morgan fingerprint density at radius 1 is 1.15 bits per heavy atom. The van der Waals surface area contributed by atoms with Gasteiger partial charge >= 0.3 is 0 Å². The first-order valence-electron chi connectivity index (χ1n) is 10.6. The fourth-order valence-corrected chi connectivity index (χ4v) is 3.71. The molecule has 1 aromatic rings. The summed E-state index contributed by atoms with van der Waals surface area (Å²) in [4.78, 5) is 19.4. The zero-order valence-corrected chi connectivity index (χ0v) is 17.5. The maximum atomic E-state index is 12.2. The normalized spacial score (nSPS) is 16.5. The molecule has 1 saturated heterocycles. The molecule has 0 unspecified atom stereocenters. The molecular formula is C22H38N4O. The molecule has 0 bridgehead atoms. The average Bonchev–Trinajstić information content (AvgIpc) is 2.67. The number of likely N-dealkylation sites (N-methyl/N-ethyl adjacent to an activating group) is 1. The average molecular weight is 375 g/mol. The lowest BCUT2D eigenvalue weighted by Crippen LogP contribution is -2.46. The summed E-state index contributed by atoms with van der Waals surface area (Å²) < 4.78 is 0. The fraction of sp³-hybridized carbons (Fsp3) is 0.682. The summed E-state index contributed by atoms with van der Waals surface area (Å²) in [6.07, 6.45) is 4.00. The molecular weight excluding hydrogens is 336 g/mol. The minimum atomic E-state index is 0.189. The van der Waals surface area contributed by atoms with E-state index in [1.807, 2.05) is 0 Å². The first kappa shape index (κ1) is 21.7. The summed E-state index contributed by atoms with van der Waals surface area (Å²) >= 11 is 0. The monoisotopic (exact) mass is 374 g/mol. The van der Waals surface area contributed by atoms with Gasteiger partial charge in [0.15, 0.2) is 0 Å². The molecule has 5 heteroatoms. The van der Waals surface area contributed by atoms with E-state index >= 15 is 0 Å². The number of piperazine rings is 1. The molecule has 1 amide bonds. The van der Waals surface area contributed by atoms with Crippen LogP contribution < -0.4 is 10.2 Å². The number of carbonyl (C=O) groups excluding carboxylic acids is 1. The van der Waals surface area contributed by atoms with Crippen LogP contribution in [-0.4, -0.2) is 74.6 Å². The second kappa shape index (κ2) is 12.0. The molecule has 1 heterocycles. The summed E-state index contributed by atoms with van der Waals surface area (Å²) in [6.45, 7) is 11.6. The van der Waals surface area contributed by atoms with Crippen LogP contribution in [0, 0.1) is 0 Å². The molecule has 27 heavy (non-hydrogen) atoms. The first-order valence-corrected chi connectivity index (χ1v) is 10.6. The Kier molecular flexibility index (Phi) is 9.64. The SMILES string of the molecule is CCCCN(C)C[C@@H](C)NC(=O)CCCN1CCN(c2ccccc2)CC1. The molecule has 0 spiro atoms. The van der Waals surface area contributed by atoms with Gasteiger partial charge in [0.2, 0.25) is 5.91 Å². The van der Waals surface area contributed by atoms with Gasteiger partial charge in [-0.25, -0.2) is 0 Å². The zero-order valence-electron chi connectivity index (χ0n) is 17.5. The lowest BCUT2D eigenvalue weighted by Gasteiger charge is -2.36. The lowest BCUT2D eigenvalue weighted by molar-refractivity contribution is -0.121. The molecule has 1 atom stereocenters. The minimum absolute atomic E-state index is 0.189. The van der Waals surface area contributed by atoms with Crippen molar-refractivity contribution in [1.82, 2.24) is 15.1 Å². The number of hydrogen-bond acceptors (Lipinski definition) is 4. The van der Waals surface area contributed by atoms with Gasteiger partial charge in [0.25, 0.3) is 0 Å². The number of nitrogens with one attached hydrogen (secondary N) is 1. The molecule has 1 aliphatic rings. The van der Waals surface area contributed by atoms with Crippen molar-refractivity contribution in [3.05, 3.63) is 30.3 Å².